The molecule has 6 nitrogen and oxygen atoms in total. The molecule has 25 heavy (non-hydrogen) atoms. The van der Waals surface area contributed by atoms with Gasteiger partial charge in [0, 0.05) is 51.5 Å². The molecule has 132 valence electrons. The number of anilines is 1. The Balaban J connectivity index is 1.58. The van der Waals surface area contributed by atoms with Crippen LogP contribution in [0.5, 0.6) is 0 Å². The Hall–Kier alpha value is -2.50. The lowest BCUT2D eigenvalue weighted by Gasteiger charge is -2.30. The summed E-state index contributed by atoms with van der Waals surface area (Å²) in [4.78, 5) is 29.3. The molecule has 3 rings (SSSR count). The number of likely N-dealkylation sites (tertiary alicyclic amines) is 1. The highest BCUT2D eigenvalue weighted by Crippen LogP contribution is 2.18. The van der Waals surface area contributed by atoms with Gasteiger partial charge in [-0.3, -0.25) is 9.78 Å². The molecule has 3 heterocycles. The summed E-state index contributed by atoms with van der Waals surface area (Å²) >= 11 is 0. The van der Waals surface area contributed by atoms with Gasteiger partial charge in [0.15, 0.2) is 0 Å². The second-order valence-corrected chi connectivity index (χ2v) is 6.80. The largest absolute Gasteiger partial charge is 0.344 e. The van der Waals surface area contributed by atoms with Gasteiger partial charge in [0.1, 0.15) is 0 Å². The van der Waals surface area contributed by atoms with Crippen LogP contribution in [0.2, 0.25) is 0 Å². The molecule has 2 aromatic rings. The Labute approximate surface area is 148 Å². The van der Waals surface area contributed by atoms with Crippen LogP contribution < -0.4 is 4.90 Å². The fraction of sp³-hybridized carbons (Fsp3) is 0.474. The number of carbonyl (C=O) groups is 1. The van der Waals surface area contributed by atoms with E-state index in [1.807, 2.05) is 29.0 Å². The molecule has 0 aromatic carbocycles. The summed E-state index contributed by atoms with van der Waals surface area (Å²) in [5, 5.41) is 0. The summed E-state index contributed by atoms with van der Waals surface area (Å²) in [6.07, 6.45) is 10.1. The van der Waals surface area contributed by atoms with Gasteiger partial charge in [0.25, 0.3) is 5.91 Å². The Morgan fingerprint density at radius 2 is 2.00 bits per heavy atom. The van der Waals surface area contributed by atoms with Gasteiger partial charge in [-0.25, -0.2) is 9.97 Å². The number of pyridine rings is 1. The highest BCUT2D eigenvalue weighted by Gasteiger charge is 2.22. The van der Waals surface area contributed by atoms with Crippen LogP contribution in [0.25, 0.3) is 0 Å². The fourth-order valence-electron chi connectivity index (χ4n) is 3.13. The van der Waals surface area contributed by atoms with E-state index in [1.165, 1.54) is 12.0 Å². The normalized spacial score (nSPS) is 17.4. The monoisotopic (exact) mass is 339 g/mol. The van der Waals surface area contributed by atoms with Crippen LogP contribution in [0.3, 0.4) is 0 Å². The van der Waals surface area contributed by atoms with Crippen molar-refractivity contribution in [3.05, 3.63) is 48.0 Å². The van der Waals surface area contributed by atoms with E-state index in [2.05, 4.69) is 21.9 Å². The zero-order chi connectivity index (χ0) is 17.6. The van der Waals surface area contributed by atoms with E-state index in [-0.39, 0.29) is 5.91 Å². The van der Waals surface area contributed by atoms with Gasteiger partial charge in [-0.15, -0.1) is 0 Å². The molecule has 1 aliphatic heterocycles. The molecule has 0 saturated carbocycles. The number of likely N-dealkylation sites (N-methyl/N-ethyl adjacent to an activating group) is 1. The summed E-state index contributed by atoms with van der Waals surface area (Å²) in [5.41, 5.74) is 1.80. The number of carbonyl (C=O) groups excluding carboxylic acids is 1. The first-order valence-corrected chi connectivity index (χ1v) is 8.85. The summed E-state index contributed by atoms with van der Waals surface area (Å²) in [5.74, 6) is 1.24. The first kappa shape index (κ1) is 17.3. The van der Waals surface area contributed by atoms with Crippen LogP contribution in [-0.4, -0.2) is 52.4 Å². The average Bonchev–Trinajstić information content (AvgIpc) is 2.66. The summed E-state index contributed by atoms with van der Waals surface area (Å²) < 4.78 is 0. The Morgan fingerprint density at radius 3 is 2.68 bits per heavy atom. The van der Waals surface area contributed by atoms with Crippen LogP contribution in [0, 0.1) is 5.92 Å². The molecule has 0 aliphatic carbocycles. The molecule has 0 radical (unpaired) electrons. The van der Waals surface area contributed by atoms with Crippen molar-refractivity contribution in [2.75, 3.05) is 31.6 Å². The molecule has 0 spiro atoms. The fourth-order valence-corrected chi connectivity index (χ4v) is 3.13. The minimum absolute atomic E-state index is 0.0394. The zero-order valence-electron chi connectivity index (χ0n) is 14.9. The molecule has 2 aromatic heterocycles. The molecule has 1 amide bonds. The minimum Gasteiger partial charge on any atom is -0.344 e. The first-order valence-electron chi connectivity index (χ1n) is 8.85. The third kappa shape index (κ3) is 4.53. The predicted molar refractivity (Wildman–Crippen MR) is 97.5 cm³/mol. The van der Waals surface area contributed by atoms with Gasteiger partial charge in [-0.1, -0.05) is 6.92 Å². The average molecular weight is 339 g/mol. The number of piperidine rings is 1. The lowest BCUT2D eigenvalue weighted by atomic mass is 10.00. The maximum absolute atomic E-state index is 12.6. The summed E-state index contributed by atoms with van der Waals surface area (Å²) in [7, 11) is 1.96. The molecule has 1 unspecified atom stereocenters. The van der Waals surface area contributed by atoms with E-state index < -0.39 is 0 Å². The van der Waals surface area contributed by atoms with Crippen molar-refractivity contribution in [3.63, 3.8) is 0 Å². The lowest BCUT2D eigenvalue weighted by Crippen LogP contribution is -2.39. The van der Waals surface area contributed by atoms with E-state index in [0.29, 0.717) is 17.4 Å². The number of rotatable bonds is 5. The van der Waals surface area contributed by atoms with Gasteiger partial charge in [-0.2, -0.15) is 0 Å². The Bertz CT molecular complexity index is 689. The minimum atomic E-state index is 0.0394. The third-order valence-electron chi connectivity index (χ3n) is 4.66. The van der Waals surface area contributed by atoms with Crippen LogP contribution in [0.4, 0.5) is 5.95 Å². The quantitative estimate of drug-likeness (QED) is 0.837. The summed E-state index contributed by atoms with van der Waals surface area (Å²) in [6.45, 7) is 4.65. The van der Waals surface area contributed by atoms with Crippen LogP contribution in [0.1, 0.15) is 35.7 Å². The zero-order valence-corrected chi connectivity index (χ0v) is 14.9. The molecule has 6 heteroatoms. The molecule has 1 atom stereocenters. The maximum Gasteiger partial charge on any atom is 0.257 e. The van der Waals surface area contributed by atoms with Crippen molar-refractivity contribution in [1.29, 1.82) is 0 Å². The topological polar surface area (TPSA) is 62.2 Å². The molecule has 0 bridgehead atoms. The molecular formula is C19H25N5O. The Morgan fingerprint density at radius 1 is 1.28 bits per heavy atom. The second-order valence-electron chi connectivity index (χ2n) is 6.80. The highest BCUT2D eigenvalue weighted by molar-refractivity contribution is 5.93. The van der Waals surface area contributed by atoms with Crippen molar-refractivity contribution < 1.29 is 4.79 Å². The number of amides is 1. The van der Waals surface area contributed by atoms with E-state index in [1.54, 1.807) is 24.8 Å². The van der Waals surface area contributed by atoms with Crippen molar-refractivity contribution in [1.82, 2.24) is 19.9 Å². The number of hydrogen-bond donors (Lipinski definition) is 0. The molecular weight excluding hydrogens is 314 g/mol. The lowest BCUT2D eigenvalue weighted by molar-refractivity contribution is 0.0682. The van der Waals surface area contributed by atoms with Crippen LogP contribution >= 0.6 is 0 Å². The number of nitrogens with zero attached hydrogens (tertiary/aromatic N) is 5. The van der Waals surface area contributed by atoms with Crippen LogP contribution in [-0.2, 0) is 6.42 Å². The van der Waals surface area contributed by atoms with Crippen molar-refractivity contribution in [2.24, 2.45) is 5.92 Å². The van der Waals surface area contributed by atoms with Gasteiger partial charge < -0.3 is 9.80 Å². The molecule has 1 saturated heterocycles. The number of aromatic nitrogens is 3. The highest BCUT2D eigenvalue weighted by atomic mass is 16.2. The van der Waals surface area contributed by atoms with Gasteiger partial charge in [0.05, 0.1) is 5.56 Å². The van der Waals surface area contributed by atoms with Crippen LogP contribution in [0.15, 0.2) is 36.9 Å². The third-order valence-corrected chi connectivity index (χ3v) is 4.66. The summed E-state index contributed by atoms with van der Waals surface area (Å²) in [6, 6.07) is 4.02. The van der Waals surface area contributed by atoms with Crippen molar-refractivity contribution in [3.8, 4) is 0 Å². The SMILES string of the molecule is CC1CCCN(C(=O)c2cnc(N(C)CCc3ccncc3)nc2)C1. The molecule has 1 aliphatic rings. The van der Waals surface area contributed by atoms with E-state index in [0.717, 1.165) is 32.5 Å². The standard InChI is InChI=1S/C19H25N5O/c1-15-4-3-10-24(14-15)18(25)17-12-21-19(22-13-17)23(2)11-7-16-5-8-20-9-6-16/h5-6,8-9,12-13,15H,3-4,7,10-11,14H2,1-2H3. The smallest absolute Gasteiger partial charge is 0.257 e. The van der Waals surface area contributed by atoms with E-state index in [9.17, 15) is 4.79 Å². The van der Waals surface area contributed by atoms with Crippen molar-refractivity contribution >= 4 is 11.9 Å². The number of hydrogen-bond acceptors (Lipinski definition) is 5. The Kier molecular flexibility index (Phi) is 5.58. The van der Waals surface area contributed by atoms with Crippen molar-refractivity contribution in [2.45, 2.75) is 26.2 Å². The molecule has 1 fully saturated rings. The first-order chi connectivity index (χ1) is 12.1. The second kappa shape index (κ2) is 8.05. The van der Waals surface area contributed by atoms with E-state index >= 15 is 0 Å². The van der Waals surface area contributed by atoms with Gasteiger partial charge in [0.2, 0.25) is 5.95 Å². The predicted octanol–water partition coefficient (Wildman–Crippen LogP) is 2.42. The van der Waals surface area contributed by atoms with Gasteiger partial charge in [-0.05, 0) is 42.9 Å². The maximum atomic E-state index is 12.6. The molecule has 0 N–H and O–H groups in total. The van der Waals surface area contributed by atoms with E-state index in [4.69, 9.17) is 0 Å². The van der Waals surface area contributed by atoms with Gasteiger partial charge >= 0.3 is 0 Å².